The number of nitrogens with one attached hydrogen (secondary N) is 1. The average Bonchev–Trinajstić information content (AvgIpc) is 2.48. The molecule has 116 valence electrons. The smallest absolute Gasteiger partial charge is 0.387 e. The zero-order valence-electron chi connectivity index (χ0n) is 11.5. The molecule has 2 aromatic carbocycles. The van der Waals surface area contributed by atoms with Gasteiger partial charge in [-0.05, 0) is 36.4 Å². The third-order valence-electron chi connectivity index (χ3n) is 2.76. The highest BCUT2D eigenvalue weighted by Crippen LogP contribution is 2.20. The lowest BCUT2D eigenvalue weighted by molar-refractivity contribution is -0.0498. The van der Waals surface area contributed by atoms with Crippen LogP contribution in [-0.4, -0.2) is 19.6 Å². The minimum atomic E-state index is -2.92. The highest BCUT2D eigenvalue weighted by Gasteiger charge is 2.13. The lowest BCUT2D eigenvalue weighted by Crippen LogP contribution is -2.13. The maximum Gasteiger partial charge on any atom is 0.387 e. The number of ether oxygens (including phenoxy) is 2. The summed E-state index contributed by atoms with van der Waals surface area (Å²) in [6.07, 6.45) is 0. The van der Waals surface area contributed by atoms with Crippen LogP contribution < -0.4 is 14.8 Å². The topological polar surface area (TPSA) is 47.6 Å². The summed E-state index contributed by atoms with van der Waals surface area (Å²) in [4.78, 5) is 12.0. The molecule has 0 aliphatic carbocycles. The second-order valence-corrected chi connectivity index (χ2v) is 4.20. The van der Waals surface area contributed by atoms with Gasteiger partial charge in [-0.25, -0.2) is 4.39 Å². The normalized spacial score (nSPS) is 10.4. The van der Waals surface area contributed by atoms with Crippen molar-refractivity contribution in [3.63, 3.8) is 0 Å². The molecule has 1 N–H and O–H groups in total. The maximum atomic E-state index is 13.8. The first kappa shape index (κ1) is 15.7. The Labute approximate surface area is 124 Å². The van der Waals surface area contributed by atoms with E-state index in [0.717, 1.165) is 6.07 Å². The number of anilines is 1. The van der Waals surface area contributed by atoms with E-state index in [2.05, 4.69) is 10.1 Å². The summed E-state index contributed by atoms with van der Waals surface area (Å²) >= 11 is 0. The van der Waals surface area contributed by atoms with Crippen molar-refractivity contribution in [3.05, 3.63) is 53.8 Å². The van der Waals surface area contributed by atoms with Crippen molar-refractivity contribution in [1.29, 1.82) is 0 Å². The first-order valence-corrected chi connectivity index (χ1v) is 6.19. The zero-order chi connectivity index (χ0) is 16.1. The highest BCUT2D eigenvalue weighted by atomic mass is 19.3. The molecule has 0 fully saturated rings. The lowest BCUT2D eigenvalue weighted by atomic mass is 10.2. The van der Waals surface area contributed by atoms with E-state index >= 15 is 0 Å². The Bertz CT molecular complexity index is 660. The molecule has 0 spiro atoms. The minimum Gasteiger partial charge on any atom is -0.497 e. The van der Waals surface area contributed by atoms with Crippen LogP contribution in [-0.2, 0) is 0 Å². The zero-order valence-corrected chi connectivity index (χ0v) is 11.5. The largest absolute Gasteiger partial charge is 0.497 e. The number of amides is 1. The van der Waals surface area contributed by atoms with Crippen molar-refractivity contribution in [2.24, 2.45) is 0 Å². The number of halogens is 3. The molecule has 4 nitrogen and oxygen atoms in total. The molecule has 0 heterocycles. The van der Waals surface area contributed by atoms with Gasteiger partial charge in [0.25, 0.3) is 5.91 Å². The molecule has 7 heteroatoms. The van der Waals surface area contributed by atoms with E-state index in [-0.39, 0.29) is 11.3 Å². The van der Waals surface area contributed by atoms with Gasteiger partial charge in [0.1, 0.15) is 17.3 Å². The van der Waals surface area contributed by atoms with E-state index in [4.69, 9.17) is 4.74 Å². The van der Waals surface area contributed by atoms with Crippen LogP contribution in [0.4, 0.5) is 18.9 Å². The fourth-order valence-electron chi connectivity index (χ4n) is 1.73. The summed E-state index contributed by atoms with van der Waals surface area (Å²) in [6.45, 7) is -2.92. The predicted octanol–water partition coefficient (Wildman–Crippen LogP) is 3.69. The summed E-state index contributed by atoms with van der Waals surface area (Å²) in [5, 5.41) is 2.45. The van der Waals surface area contributed by atoms with E-state index in [0.29, 0.717) is 11.4 Å². The van der Waals surface area contributed by atoms with Gasteiger partial charge in [-0.1, -0.05) is 0 Å². The number of methoxy groups -OCH3 is 1. The molecule has 2 aromatic rings. The van der Waals surface area contributed by atoms with Crippen molar-refractivity contribution in [2.45, 2.75) is 6.61 Å². The molecule has 0 aliphatic rings. The van der Waals surface area contributed by atoms with Crippen LogP contribution in [0.15, 0.2) is 42.5 Å². The van der Waals surface area contributed by atoms with Crippen molar-refractivity contribution in [1.82, 2.24) is 0 Å². The van der Waals surface area contributed by atoms with E-state index < -0.39 is 18.3 Å². The van der Waals surface area contributed by atoms with Crippen LogP contribution in [0.5, 0.6) is 11.5 Å². The van der Waals surface area contributed by atoms with E-state index in [1.807, 2.05) is 0 Å². The molecule has 0 radical (unpaired) electrons. The molecule has 0 saturated heterocycles. The van der Waals surface area contributed by atoms with Gasteiger partial charge in [-0.3, -0.25) is 4.79 Å². The molecular formula is C15H12F3NO3. The third kappa shape index (κ3) is 3.91. The van der Waals surface area contributed by atoms with E-state index in [1.54, 1.807) is 0 Å². The third-order valence-corrected chi connectivity index (χ3v) is 2.76. The molecular weight excluding hydrogens is 299 g/mol. The highest BCUT2D eigenvalue weighted by molar-refractivity contribution is 6.04. The molecule has 1 amide bonds. The van der Waals surface area contributed by atoms with Crippen molar-refractivity contribution in [2.75, 3.05) is 12.4 Å². The van der Waals surface area contributed by atoms with Gasteiger partial charge in [-0.2, -0.15) is 8.78 Å². The quantitative estimate of drug-likeness (QED) is 0.916. The van der Waals surface area contributed by atoms with Crippen molar-refractivity contribution in [3.8, 4) is 11.5 Å². The van der Waals surface area contributed by atoms with Gasteiger partial charge < -0.3 is 14.8 Å². The minimum absolute atomic E-state index is 0.0383. The molecule has 22 heavy (non-hydrogen) atoms. The Balaban J connectivity index is 2.08. The van der Waals surface area contributed by atoms with Gasteiger partial charge in [0, 0.05) is 11.8 Å². The first-order valence-electron chi connectivity index (χ1n) is 6.19. The van der Waals surface area contributed by atoms with Gasteiger partial charge in [-0.15, -0.1) is 0 Å². The standard InChI is InChI=1S/C15H12F3NO3/c1-21-11-6-7-12(13(16)8-11)14(20)19-9-2-4-10(5-3-9)22-15(17)18/h2-8,15H,1H3,(H,19,20). The molecule has 0 bridgehead atoms. The summed E-state index contributed by atoms with van der Waals surface area (Å²) in [7, 11) is 1.39. The maximum absolute atomic E-state index is 13.8. The van der Waals surface area contributed by atoms with Gasteiger partial charge >= 0.3 is 6.61 Å². The Morgan fingerprint density at radius 1 is 1.09 bits per heavy atom. The number of hydrogen-bond acceptors (Lipinski definition) is 3. The van der Waals surface area contributed by atoms with Gasteiger partial charge in [0.15, 0.2) is 0 Å². The van der Waals surface area contributed by atoms with Crippen LogP contribution in [0.1, 0.15) is 10.4 Å². The summed E-state index contributed by atoms with van der Waals surface area (Å²) in [5.41, 5.74) is 0.163. The molecule has 0 unspecified atom stereocenters. The SMILES string of the molecule is COc1ccc(C(=O)Nc2ccc(OC(F)F)cc2)c(F)c1. The number of carbonyl (C=O) groups is 1. The number of hydrogen-bond donors (Lipinski definition) is 1. The first-order chi connectivity index (χ1) is 10.5. The second kappa shape index (κ2) is 6.84. The van der Waals surface area contributed by atoms with Crippen LogP contribution in [0, 0.1) is 5.82 Å². The van der Waals surface area contributed by atoms with Gasteiger partial charge in [0.05, 0.1) is 12.7 Å². The Kier molecular flexibility index (Phi) is 4.88. The summed E-state index contributed by atoms with van der Waals surface area (Å²) < 4.78 is 46.8. The van der Waals surface area contributed by atoms with E-state index in [1.165, 1.54) is 43.5 Å². The molecule has 2 rings (SSSR count). The summed E-state index contributed by atoms with van der Waals surface area (Å²) in [5.74, 6) is -1.14. The fourth-order valence-corrected chi connectivity index (χ4v) is 1.73. The van der Waals surface area contributed by atoms with Crippen molar-refractivity contribution >= 4 is 11.6 Å². The molecule has 0 atom stereocenters. The predicted molar refractivity (Wildman–Crippen MR) is 74.0 cm³/mol. The summed E-state index contributed by atoms with van der Waals surface area (Å²) in [6, 6.07) is 9.12. The average molecular weight is 311 g/mol. The number of rotatable bonds is 5. The Hall–Kier alpha value is -2.70. The van der Waals surface area contributed by atoms with Crippen LogP contribution in [0.3, 0.4) is 0 Å². The lowest BCUT2D eigenvalue weighted by Gasteiger charge is -2.09. The Morgan fingerprint density at radius 2 is 1.73 bits per heavy atom. The second-order valence-electron chi connectivity index (χ2n) is 4.20. The molecule has 0 saturated carbocycles. The monoisotopic (exact) mass is 311 g/mol. The van der Waals surface area contributed by atoms with Crippen LogP contribution in [0.25, 0.3) is 0 Å². The van der Waals surface area contributed by atoms with Crippen molar-refractivity contribution < 1.29 is 27.4 Å². The van der Waals surface area contributed by atoms with Crippen LogP contribution >= 0.6 is 0 Å². The molecule has 0 aliphatic heterocycles. The Morgan fingerprint density at radius 3 is 2.27 bits per heavy atom. The number of carbonyl (C=O) groups excluding carboxylic acids is 1. The fraction of sp³-hybridized carbons (Fsp3) is 0.133. The number of alkyl halides is 2. The molecule has 0 aromatic heterocycles. The number of benzene rings is 2. The van der Waals surface area contributed by atoms with E-state index in [9.17, 15) is 18.0 Å². The van der Waals surface area contributed by atoms with Gasteiger partial charge in [0.2, 0.25) is 0 Å². The van der Waals surface area contributed by atoms with Crippen LogP contribution in [0.2, 0.25) is 0 Å².